The van der Waals surface area contributed by atoms with E-state index in [-0.39, 0.29) is 11.5 Å². The zero-order chi connectivity index (χ0) is 16.9. The van der Waals surface area contributed by atoms with E-state index in [9.17, 15) is 9.59 Å². The maximum Gasteiger partial charge on any atom is 0.267 e. The Labute approximate surface area is 140 Å². The van der Waals surface area contributed by atoms with Gasteiger partial charge in [-0.15, -0.1) is 0 Å². The molecule has 4 N–H and O–H groups in total. The van der Waals surface area contributed by atoms with Crippen LogP contribution in [0, 0.1) is 0 Å². The topological polar surface area (TPSA) is 101 Å². The number of amides is 1. The van der Waals surface area contributed by atoms with Crippen LogP contribution >= 0.6 is 0 Å². The molecular weight excluding hydrogens is 304 g/mol. The number of aromatic nitrogens is 2. The van der Waals surface area contributed by atoms with Crippen LogP contribution in [0.25, 0.3) is 11.3 Å². The molecule has 0 spiro atoms. The number of nitrogens with two attached hydrogens (primary N) is 1. The van der Waals surface area contributed by atoms with Gasteiger partial charge in [0, 0.05) is 23.2 Å². The van der Waals surface area contributed by atoms with Crippen molar-refractivity contribution in [1.82, 2.24) is 10.2 Å². The Hall–Kier alpha value is -2.47. The predicted molar refractivity (Wildman–Crippen MR) is 93.9 cm³/mol. The average Bonchev–Trinajstić information content (AvgIpc) is 2.61. The van der Waals surface area contributed by atoms with Crippen molar-refractivity contribution in [2.75, 3.05) is 11.9 Å². The van der Waals surface area contributed by atoms with Gasteiger partial charge in [0.25, 0.3) is 5.56 Å². The van der Waals surface area contributed by atoms with Crippen molar-refractivity contribution in [3.8, 4) is 11.3 Å². The molecule has 0 aliphatic heterocycles. The fraction of sp³-hybridized carbons (Fsp3) is 0.389. The molecule has 6 heteroatoms. The molecule has 2 aromatic rings. The van der Waals surface area contributed by atoms with Crippen LogP contribution in [0.2, 0.25) is 0 Å². The third-order valence-corrected chi connectivity index (χ3v) is 4.32. The summed E-state index contributed by atoms with van der Waals surface area (Å²) in [5.74, 6) is -0.0472. The largest absolute Gasteiger partial charge is 0.330 e. The van der Waals surface area contributed by atoms with Crippen LogP contribution in [0.15, 0.2) is 29.1 Å². The third kappa shape index (κ3) is 3.54. The van der Waals surface area contributed by atoms with E-state index >= 15 is 0 Å². The number of carbonyl (C=O) groups excluding carboxylic acids is 1. The minimum atomic E-state index is -0.0836. The monoisotopic (exact) mass is 326 g/mol. The third-order valence-electron chi connectivity index (χ3n) is 4.32. The van der Waals surface area contributed by atoms with Gasteiger partial charge in [0.1, 0.15) is 0 Å². The molecule has 0 saturated carbocycles. The van der Waals surface area contributed by atoms with Crippen molar-refractivity contribution >= 4 is 11.6 Å². The molecule has 6 nitrogen and oxygen atoms in total. The van der Waals surface area contributed by atoms with Gasteiger partial charge in [0.05, 0.1) is 5.69 Å². The van der Waals surface area contributed by atoms with Crippen molar-refractivity contribution < 1.29 is 4.79 Å². The second-order valence-corrected chi connectivity index (χ2v) is 6.09. The smallest absolute Gasteiger partial charge is 0.267 e. The van der Waals surface area contributed by atoms with Gasteiger partial charge in [-0.1, -0.05) is 12.1 Å². The van der Waals surface area contributed by atoms with Gasteiger partial charge in [-0.05, 0) is 56.3 Å². The van der Waals surface area contributed by atoms with Gasteiger partial charge in [-0.3, -0.25) is 9.59 Å². The van der Waals surface area contributed by atoms with Crippen molar-refractivity contribution in [3.63, 3.8) is 0 Å². The fourth-order valence-electron chi connectivity index (χ4n) is 3.13. The highest BCUT2D eigenvalue weighted by atomic mass is 16.1. The van der Waals surface area contributed by atoms with Gasteiger partial charge in [-0.2, -0.15) is 5.10 Å². The summed E-state index contributed by atoms with van der Waals surface area (Å²) in [5.41, 5.74) is 9.68. The van der Waals surface area contributed by atoms with Gasteiger partial charge >= 0.3 is 0 Å². The number of hydrogen-bond acceptors (Lipinski definition) is 4. The lowest BCUT2D eigenvalue weighted by atomic mass is 9.90. The lowest BCUT2D eigenvalue weighted by Gasteiger charge is -2.17. The number of nitrogens with zero attached hydrogens (tertiary/aromatic N) is 1. The molecule has 1 heterocycles. The van der Waals surface area contributed by atoms with Crippen molar-refractivity contribution in [2.24, 2.45) is 5.73 Å². The van der Waals surface area contributed by atoms with E-state index < -0.39 is 0 Å². The summed E-state index contributed by atoms with van der Waals surface area (Å²) in [5, 5.41) is 9.76. The van der Waals surface area contributed by atoms with Gasteiger partial charge in [0.15, 0.2) is 0 Å². The molecule has 1 aromatic heterocycles. The number of nitrogens with one attached hydrogen (secondary N) is 2. The van der Waals surface area contributed by atoms with Crippen LogP contribution < -0.4 is 16.6 Å². The Morgan fingerprint density at radius 3 is 2.83 bits per heavy atom. The molecule has 0 radical (unpaired) electrons. The van der Waals surface area contributed by atoms with Crippen LogP contribution in [0.3, 0.4) is 0 Å². The van der Waals surface area contributed by atoms with Crippen LogP contribution in [0.4, 0.5) is 5.69 Å². The summed E-state index contributed by atoms with van der Waals surface area (Å²) in [6.45, 7) is 0.501. The Morgan fingerprint density at radius 2 is 2.04 bits per heavy atom. The molecule has 1 aliphatic rings. The van der Waals surface area contributed by atoms with Gasteiger partial charge < -0.3 is 11.1 Å². The van der Waals surface area contributed by atoms with Crippen molar-refractivity contribution in [1.29, 1.82) is 0 Å². The normalized spacial score (nSPS) is 13.4. The molecule has 126 valence electrons. The predicted octanol–water partition coefficient (Wildman–Crippen LogP) is 1.99. The van der Waals surface area contributed by atoms with E-state index in [0.29, 0.717) is 19.4 Å². The maximum absolute atomic E-state index is 12.0. The zero-order valence-electron chi connectivity index (χ0n) is 13.6. The lowest BCUT2D eigenvalue weighted by molar-refractivity contribution is -0.116. The zero-order valence-corrected chi connectivity index (χ0v) is 13.6. The standard InChI is InChI=1S/C18H22N4O2/c19-10-4-9-16(23)20-13-6-3-5-12(11-13)17-14-7-1-2-8-15(14)18(24)22-21-17/h3,5-6,11H,1-2,4,7-10,19H2,(H,20,23)(H,22,24). The first kappa shape index (κ1) is 16.4. The van der Waals surface area contributed by atoms with E-state index in [2.05, 4.69) is 15.5 Å². The minimum Gasteiger partial charge on any atom is -0.330 e. The molecular formula is C18H22N4O2. The Morgan fingerprint density at radius 1 is 1.25 bits per heavy atom. The number of H-pyrrole nitrogens is 1. The molecule has 1 aromatic carbocycles. The van der Waals surface area contributed by atoms with E-state index in [1.54, 1.807) is 0 Å². The maximum atomic E-state index is 12.0. The first-order valence-electron chi connectivity index (χ1n) is 8.40. The Bertz CT molecular complexity index is 798. The number of carbonyl (C=O) groups is 1. The Kier molecular flexibility index (Phi) is 5.05. The number of rotatable bonds is 5. The number of anilines is 1. The minimum absolute atomic E-state index is 0.0472. The number of aromatic amines is 1. The summed E-state index contributed by atoms with van der Waals surface area (Å²) in [7, 11) is 0. The van der Waals surface area contributed by atoms with E-state index in [4.69, 9.17) is 5.73 Å². The molecule has 3 rings (SSSR count). The highest BCUT2D eigenvalue weighted by molar-refractivity contribution is 5.91. The molecule has 0 atom stereocenters. The van der Waals surface area contributed by atoms with Gasteiger partial charge in [0.2, 0.25) is 5.91 Å². The molecule has 0 unspecified atom stereocenters. The molecule has 1 aliphatic carbocycles. The summed E-state index contributed by atoms with van der Waals surface area (Å²) in [6, 6.07) is 7.58. The van der Waals surface area contributed by atoms with E-state index in [0.717, 1.165) is 53.8 Å². The number of benzene rings is 1. The molecule has 24 heavy (non-hydrogen) atoms. The molecule has 0 saturated heterocycles. The molecule has 0 bridgehead atoms. The number of hydrogen-bond donors (Lipinski definition) is 3. The average molecular weight is 326 g/mol. The summed E-state index contributed by atoms with van der Waals surface area (Å²) < 4.78 is 0. The van der Waals surface area contributed by atoms with Crippen LogP contribution in [-0.4, -0.2) is 22.6 Å². The van der Waals surface area contributed by atoms with E-state index in [1.807, 2.05) is 24.3 Å². The summed E-state index contributed by atoms with van der Waals surface area (Å²) >= 11 is 0. The highest BCUT2D eigenvalue weighted by Gasteiger charge is 2.19. The fourth-order valence-corrected chi connectivity index (χ4v) is 3.13. The van der Waals surface area contributed by atoms with Crippen molar-refractivity contribution in [3.05, 3.63) is 45.7 Å². The van der Waals surface area contributed by atoms with E-state index in [1.165, 1.54) is 0 Å². The van der Waals surface area contributed by atoms with Crippen LogP contribution in [0.1, 0.15) is 36.8 Å². The molecule has 1 amide bonds. The second kappa shape index (κ2) is 7.40. The second-order valence-electron chi connectivity index (χ2n) is 6.09. The van der Waals surface area contributed by atoms with Crippen LogP contribution in [-0.2, 0) is 17.6 Å². The Balaban J connectivity index is 1.90. The quantitative estimate of drug-likeness (QED) is 0.782. The summed E-state index contributed by atoms with van der Waals surface area (Å²) in [6.07, 6.45) is 4.86. The van der Waals surface area contributed by atoms with Crippen molar-refractivity contribution in [2.45, 2.75) is 38.5 Å². The summed E-state index contributed by atoms with van der Waals surface area (Å²) in [4.78, 5) is 23.8. The first-order valence-corrected chi connectivity index (χ1v) is 8.40. The molecule has 0 fully saturated rings. The SMILES string of the molecule is NCCCC(=O)Nc1cccc(-c2n[nH]c(=O)c3c2CCCC3)c1. The number of fused-ring (bicyclic) bond motifs is 1. The highest BCUT2D eigenvalue weighted by Crippen LogP contribution is 2.29. The van der Waals surface area contributed by atoms with Gasteiger partial charge in [-0.25, -0.2) is 5.10 Å². The lowest BCUT2D eigenvalue weighted by Crippen LogP contribution is -2.21. The first-order chi connectivity index (χ1) is 11.7. The van der Waals surface area contributed by atoms with Crippen LogP contribution in [0.5, 0.6) is 0 Å².